The third-order valence-electron chi connectivity index (χ3n) is 6.05. The van der Waals surface area contributed by atoms with Crippen molar-refractivity contribution in [2.45, 2.75) is 51.5 Å². The van der Waals surface area contributed by atoms with Crippen LogP contribution in [-0.2, 0) is 11.0 Å². The lowest BCUT2D eigenvalue weighted by Gasteiger charge is -2.35. The van der Waals surface area contributed by atoms with E-state index in [2.05, 4.69) is 20.6 Å². The Morgan fingerprint density at radius 2 is 1.88 bits per heavy atom. The Labute approximate surface area is 199 Å². The van der Waals surface area contributed by atoms with Crippen molar-refractivity contribution in [2.24, 2.45) is 0 Å². The van der Waals surface area contributed by atoms with Gasteiger partial charge in [0.25, 0.3) is 5.91 Å². The molecular weight excluding hydrogens is 478 g/mol. The van der Waals surface area contributed by atoms with Crippen LogP contribution in [-0.4, -0.2) is 39.8 Å². The zero-order chi connectivity index (χ0) is 23.9. The fourth-order valence-corrected chi connectivity index (χ4v) is 4.67. The van der Waals surface area contributed by atoms with E-state index >= 15 is 0 Å². The van der Waals surface area contributed by atoms with Crippen molar-refractivity contribution in [3.05, 3.63) is 56.8 Å². The second-order valence-corrected chi connectivity index (χ2v) is 9.16. The van der Waals surface area contributed by atoms with Gasteiger partial charge >= 0.3 is 6.18 Å². The number of carbonyl (C=O) groups excluding carboxylic acids is 1. The van der Waals surface area contributed by atoms with Gasteiger partial charge in [-0.15, -0.1) is 0 Å². The summed E-state index contributed by atoms with van der Waals surface area (Å²) >= 11 is 12.3. The van der Waals surface area contributed by atoms with Gasteiger partial charge in [0.15, 0.2) is 5.69 Å². The molecule has 2 atom stereocenters. The van der Waals surface area contributed by atoms with E-state index in [1.54, 1.807) is 25.1 Å². The maximum atomic E-state index is 13.5. The molecule has 178 valence electrons. The second-order valence-electron chi connectivity index (χ2n) is 8.34. The van der Waals surface area contributed by atoms with Gasteiger partial charge in [-0.3, -0.25) is 9.69 Å². The summed E-state index contributed by atoms with van der Waals surface area (Å²) < 4.78 is 41.4. The molecule has 2 aromatic rings. The van der Waals surface area contributed by atoms with E-state index in [4.69, 9.17) is 23.2 Å². The molecule has 33 heavy (non-hydrogen) atoms. The molecule has 0 aliphatic carbocycles. The highest BCUT2D eigenvalue weighted by Gasteiger charge is 2.40. The van der Waals surface area contributed by atoms with E-state index in [9.17, 15) is 18.0 Å². The van der Waals surface area contributed by atoms with Gasteiger partial charge in [-0.2, -0.15) is 18.3 Å². The molecule has 3 heterocycles. The van der Waals surface area contributed by atoms with Gasteiger partial charge in [-0.25, -0.2) is 4.68 Å². The zero-order valence-corrected chi connectivity index (χ0v) is 19.7. The van der Waals surface area contributed by atoms with Crippen LogP contribution in [0, 0.1) is 0 Å². The minimum Gasteiger partial charge on any atom is -0.344 e. The number of anilines is 1. The molecule has 0 bridgehead atoms. The number of benzene rings is 1. The van der Waals surface area contributed by atoms with Crippen molar-refractivity contribution < 1.29 is 18.0 Å². The zero-order valence-electron chi connectivity index (χ0n) is 18.1. The molecule has 6 nitrogen and oxygen atoms in total. The number of aromatic nitrogens is 2. The van der Waals surface area contributed by atoms with E-state index < -0.39 is 17.9 Å². The molecule has 0 radical (unpaired) electrons. The highest BCUT2D eigenvalue weighted by Crippen LogP contribution is 2.40. The average Bonchev–Trinajstić information content (AvgIpc) is 3.19. The van der Waals surface area contributed by atoms with E-state index in [1.807, 2.05) is 6.92 Å². The van der Waals surface area contributed by atoms with Crippen LogP contribution in [0.5, 0.6) is 0 Å². The predicted octanol–water partition coefficient (Wildman–Crippen LogP) is 5.45. The van der Waals surface area contributed by atoms with Gasteiger partial charge in [-0.1, -0.05) is 35.7 Å². The first-order valence-corrected chi connectivity index (χ1v) is 11.5. The number of carbonyl (C=O) groups is 1. The molecule has 1 saturated heterocycles. The highest BCUT2D eigenvalue weighted by molar-refractivity contribution is 6.42. The quantitative estimate of drug-likeness (QED) is 0.584. The fraction of sp³-hybridized carbons (Fsp3) is 0.455. The van der Waals surface area contributed by atoms with Gasteiger partial charge in [0.2, 0.25) is 0 Å². The summed E-state index contributed by atoms with van der Waals surface area (Å²) in [5.41, 5.74) is 0.155. The number of alkyl halides is 3. The van der Waals surface area contributed by atoms with Crippen LogP contribution < -0.4 is 10.6 Å². The summed E-state index contributed by atoms with van der Waals surface area (Å²) in [6.07, 6.45) is -1.57. The lowest BCUT2D eigenvalue weighted by atomic mass is 9.94. The van der Waals surface area contributed by atoms with Crippen molar-refractivity contribution in [3.8, 4) is 0 Å². The van der Waals surface area contributed by atoms with Crippen molar-refractivity contribution in [1.82, 2.24) is 20.0 Å². The van der Waals surface area contributed by atoms with Gasteiger partial charge in [-0.05, 0) is 44.4 Å². The number of allylic oxidation sites excluding steroid dienone is 1. The molecule has 2 N–H and O–H groups in total. The summed E-state index contributed by atoms with van der Waals surface area (Å²) in [7, 11) is 0. The Morgan fingerprint density at radius 1 is 1.18 bits per heavy atom. The molecule has 1 aromatic heterocycles. The van der Waals surface area contributed by atoms with Crippen LogP contribution in [0.25, 0.3) is 0 Å². The first-order valence-electron chi connectivity index (χ1n) is 10.7. The van der Waals surface area contributed by atoms with Crippen molar-refractivity contribution in [2.75, 3.05) is 18.4 Å². The smallest absolute Gasteiger partial charge is 0.344 e. The number of nitrogens with one attached hydrogen (secondary N) is 2. The summed E-state index contributed by atoms with van der Waals surface area (Å²) in [6, 6.07) is 4.75. The van der Waals surface area contributed by atoms with Crippen molar-refractivity contribution in [1.29, 1.82) is 0 Å². The Morgan fingerprint density at radius 3 is 2.52 bits per heavy atom. The van der Waals surface area contributed by atoms with E-state index in [1.165, 1.54) is 4.68 Å². The van der Waals surface area contributed by atoms with E-state index in [-0.39, 0.29) is 28.5 Å². The van der Waals surface area contributed by atoms with Crippen molar-refractivity contribution in [3.63, 3.8) is 0 Å². The standard InChI is InChI=1S/C22H24Cl2F3N5O/c1-12-19(21(33)29-13(2)31-8-4-3-5-9-31)20(14-6-7-15(23)16(24)10-14)32-18(28-12)11-17(30-32)22(25,26)27/h6-7,10-11,13,20,28H,3-5,8-9H2,1-2H3,(H,29,33). The maximum absolute atomic E-state index is 13.5. The largest absolute Gasteiger partial charge is 0.435 e. The SMILES string of the molecule is CC1=C(C(=O)NC(C)N2CCCCC2)C(c2ccc(Cl)c(Cl)c2)n2nc(C(F)(F)F)cc2N1. The first-order chi connectivity index (χ1) is 15.6. The molecule has 4 rings (SSSR count). The number of hydrogen-bond donors (Lipinski definition) is 2. The Balaban J connectivity index is 1.74. The molecular formula is C22H24Cl2F3N5O. The number of likely N-dealkylation sites (tertiary alicyclic amines) is 1. The highest BCUT2D eigenvalue weighted by atomic mass is 35.5. The van der Waals surface area contributed by atoms with Gasteiger partial charge in [0, 0.05) is 24.9 Å². The third kappa shape index (κ3) is 4.85. The van der Waals surface area contributed by atoms with Crippen LogP contribution in [0.4, 0.5) is 19.0 Å². The van der Waals surface area contributed by atoms with Gasteiger partial charge in [0.05, 0.1) is 21.8 Å². The van der Waals surface area contributed by atoms with Crippen LogP contribution >= 0.6 is 23.2 Å². The number of piperidine rings is 1. The number of hydrogen-bond acceptors (Lipinski definition) is 4. The summed E-state index contributed by atoms with van der Waals surface area (Å²) in [6.45, 7) is 5.33. The molecule has 2 unspecified atom stereocenters. The molecule has 0 spiro atoms. The molecule has 1 aromatic carbocycles. The normalized spacial score (nSPS) is 20.3. The summed E-state index contributed by atoms with van der Waals surface area (Å²) in [4.78, 5) is 15.6. The molecule has 1 amide bonds. The summed E-state index contributed by atoms with van der Waals surface area (Å²) in [5.74, 6) is -0.250. The molecule has 11 heteroatoms. The fourth-order valence-electron chi connectivity index (χ4n) is 4.36. The van der Waals surface area contributed by atoms with Gasteiger partial charge < -0.3 is 10.6 Å². The van der Waals surface area contributed by atoms with E-state index in [0.29, 0.717) is 16.3 Å². The average molecular weight is 502 g/mol. The molecule has 1 fully saturated rings. The molecule has 2 aliphatic heterocycles. The maximum Gasteiger partial charge on any atom is 0.435 e. The minimum atomic E-state index is -4.63. The van der Waals surface area contributed by atoms with Crippen LogP contribution in [0.3, 0.4) is 0 Å². The Hall–Kier alpha value is -2.23. The second kappa shape index (κ2) is 9.19. The Bertz CT molecular complexity index is 1090. The number of fused-ring (bicyclic) bond motifs is 1. The minimum absolute atomic E-state index is 0.136. The molecule has 0 saturated carbocycles. The first kappa shape index (κ1) is 23.9. The summed E-state index contributed by atoms with van der Waals surface area (Å²) in [5, 5.41) is 10.3. The lowest BCUT2D eigenvalue weighted by Crippen LogP contribution is -2.49. The van der Waals surface area contributed by atoms with Crippen LogP contribution in [0.15, 0.2) is 35.5 Å². The Kier molecular flexibility index (Phi) is 6.66. The van der Waals surface area contributed by atoms with Gasteiger partial charge in [0.1, 0.15) is 11.9 Å². The number of halogens is 5. The lowest BCUT2D eigenvalue weighted by molar-refractivity contribution is -0.141. The number of nitrogens with zero attached hydrogens (tertiary/aromatic N) is 3. The van der Waals surface area contributed by atoms with Crippen LogP contribution in [0.2, 0.25) is 10.0 Å². The number of amides is 1. The van der Waals surface area contributed by atoms with Crippen LogP contribution in [0.1, 0.15) is 50.4 Å². The monoisotopic (exact) mass is 501 g/mol. The van der Waals surface area contributed by atoms with Crippen molar-refractivity contribution >= 4 is 34.9 Å². The topological polar surface area (TPSA) is 62.2 Å². The third-order valence-corrected chi connectivity index (χ3v) is 6.79. The number of rotatable bonds is 4. The predicted molar refractivity (Wildman–Crippen MR) is 121 cm³/mol. The molecule has 2 aliphatic rings. The van der Waals surface area contributed by atoms with E-state index in [0.717, 1.165) is 38.4 Å².